The van der Waals surface area contributed by atoms with Crippen LogP contribution in [0.25, 0.3) is 0 Å². The monoisotopic (exact) mass is 218 g/mol. The summed E-state index contributed by atoms with van der Waals surface area (Å²) in [5.74, 6) is 0.852. The molecule has 16 heavy (non-hydrogen) atoms. The van der Waals surface area contributed by atoms with Crippen molar-refractivity contribution in [2.24, 2.45) is 0 Å². The molecule has 0 aromatic heterocycles. The second kappa shape index (κ2) is 4.69. The second-order valence-corrected chi connectivity index (χ2v) is 4.53. The molecule has 0 aliphatic heterocycles. The van der Waals surface area contributed by atoms with Gasteiger partial charge in [-0.2, -0.15) is 0 Å². The van der Waals surface area contributed by atoms with E-state index in [1.54, 1.807) is 6.92 Å². The van der Waals surface area contributed by atoms with Gasteiger partial charge in [-0.3, -0.25) is 4.79 Å². The molecular formula is C14H18O2. The average molecular weight is 218 g/mol. The molecule has 86 valence electrons. The molecule has 0 unspecified atom stereocenters. The average Bonchev–Trinajstić information content (AvgIpc) is 2.70. The second-order valence-electron chi connectivity index (χ2n) is 4.53. The number of ketones is 1. The lowest BCUT2D eigenvalue weighted by atomic mass is 10.0. The van der Waals surface area contributed by atoms with E-state index in [0.717, 1.165) is 29.7 Å². The van der Waals surface area contributed by atoms with Crippen molar-refractivity contribution < 1.29 is 9.53 Å². The highest BCUT2D eigenvalue weighted by Crippen LogP contribution is 2.28. The van der Waals surface area contributed by atoms with Crippen molar-refractivity contribution in [3.8, 4) is 5.75 Å². The third-order valence-electron chi connectivity index (χ3n) is 3.18. The van der Waals surface area contributed by atoms with Crippen LogP contribution in [0.15, 0.2) is 18.2 Å². The van der Waals surface area contributed by atoms with E-state index in [1.165, 1.54) is 12.8 Å². The van der Waals surface area contributed by atoms with E-state index in [-0.39, 0.29) is 5.78 Å². The predicted molar refractivity (Wildman–Crippen MR) is 64.1 cm³/mol. The smallest absolute Gasteiger partial charge is 0.163 e. The van der Waals surface area contributed by atoms with Crippen molar-refractivity contribution in [3.05, 3.63) is 29.3 Å². The lowest BCUT2D eigenvalue weighted by Gasteiger charge is -2.16. The zero-order valence-corrected chi connectivity index (χ0v) is 9.95. The van der Waals surface area contributed by atoms with Crippen molar-refractivity contribution >= 4 is 5.78 Å². The van der Waals surface area contributed by atoms with Gasteiger partial charge in [0.25, 0.3) is 0 Å². The number of carbonyl (C=O) groups excluding carboxylic acids is 1. The van der Waals surface area contributed by atoms with Crippen molar-refractivity contribution in [1.29, 1.82) is 0 Å². The molecular weight excluding hydrogens is 200 g/mol. The van der Waals surface area contributed by atoms with E-state index in [1.807, 2.05) is 25.1 Å². The van der Waals surface area contributed by atoms with Crippen LogP contribution in [0.4, 0.5) is 0 Å². The summed E-state index contributed by atoms with van der Waals surface area (Å²) in [5, 5.41) is 0. The Labute approximate surface area is 96.6 Å². The topological polar surface area (TPSA) is 26.3 Å². The summed E-state index contributed by atoms with van der Waals surface area (Å²) >= 11 is 0. The van der Waals surface area contributed by atoms with Gasteiger partial charge in [-0.05, 0) is 51.2 Å². The van der Waals surface area contributed by atoms with Gasteiger partial charge in [-0.25, -0.2) is 0 Å². The van der Waals surface area contributed by atoms with Crippen LogP contribution in [0.5, 0.6) is 5.75 Å². The Morgan fingerprint density at radius 1 is 1.31 bits per heavy atom. The molecule has 1 aromatic rings. The van der Waals surface area contributed by atoms with Crippen LogP contribution in [0.1, 0.15) is 48.5 Å². The zero-order valence-electron chi connectivity index (χ0n) is 9.95. The van der Waals surface area contributed by atoms with Gasteiger partial charge in [0.1, 0.15) is 5.75 Å². The van der Waals surface area contributed by atoms with E-state index in [4.69, 9.17) is 4.74 Å². The first-order valence-corrected chi connectivity index (χ1v) is 5.95. The molecule has 0 saturated heterocycles. The van der Waals surface area contributed by atoms with E-state index >= 15 is 0 Å². The van der Waals surface area contributed by atoms with Crippen molar-refractivity contribution in [2.45, 2.75) is 45.6 Å². The number of carbonyl (C=O) groups is 1. The highest BCUT2D eigenvalue weighted by atomic mass is 16.5. The number of benzene rings is 1. The van der Waals surface area contributed by atoms with Crippen molar-refractivity contribution in [1.82, 2.24) is 0 Å². The SMILES string of the molecule is CC(=O)c1c(C)cccc1OC1CCCC1. The zero-order chi connectivity index (χ0) is 11.5. The minimum absolute atomic E-state index is 0.0890. The maximum atomic E-state index is 11.6. The molecule has 2 nitrogen and oxygen atoms in total. The number of hydrogen-bond donors (Lipinski definition) is 0. The van der Waals surface area contributed by atoms with E-state index < -0.39 is 0 Å². The summed E-state index contributed by atoms with van der Waals surface area (Å²) in [6.45, 7) is 3.56. The molecule has 1 aliphatic rings. The van der Waals surface area contributed by atoms with Gasteiger partial charge in [0, 0.05) is 0 Å². The Hall–Kier alpha value is -1.31. The Bertz CT molecular complexity index is 390. The summed E-state index contributed by atoms with van der Waals surface area (Å²) < 4.78 is 5.93. The first kappa shape index (κ1) is 11.2. The molecule has 1 saturated carbocycles. The summed E-state index contributed by atoms with van der Waals surface area (Å²) in [4.78, 5) is 11.6. The number of rotatable bonds is 3. The quantitative estimate of drug-likeness (QED) is 0.725. The molecule has 1 aliphatic carbocycles. The molecule has 2 rings (SSSR count). The highest BCUT2D eigenvalue weighted by Gasteiger charge is 2.19. The molecule has 1 aromatic carbocycles. The van der Waals surface area contributed by atoms with E-state index in [2.05, 4.69) is 0 Å². The first-order chi connectivity index (χ1) is 7.68. The largest absolute Gasteiger partial charge is 0.490 e. The Morgan fingerprint density at radius 3 is 2.62 bits per heavy atom. The van der Waals surface area contributed by atoms with Gasteiger partial charge in [0.05, 0.1) is 11.7 Å². The van der Waals surface area contributed by atoms with Crippen LogP contribution in [0.3, 0.4) is 0 Å². The minimum Gasteiger partial charge on any atom is -0.490 e. The normalized spacial score (nSPS) is 16.4. The third-order valence-corrected chi connectivity index (χ3v) is 3.18. The molecule has 1 fully saturated rings. The van der Waals surface area contributed by atoms with Crippen LogP contribution >= 0.6 is 0 Å². The van der Waals surface area contributed by atoms with Crippen LogP contribution in [0, 0.1) is 6.92 Å². The van der Waals surface area contributed by atoms with Gasteiger partial charge < -0.3 is 4.74 Å². The van der Waals surface area contributed by atoms with Crippen molar-refractivity contribution in [2.75, 3.05) is 0 Å². The standard InChI is InChI=1S/C14H18O2/c1-10-6-5-9-13(14(10)11(2)15)16-12-7-3-4-8-12/h5-6,9,12H,3-4,7-8H2,1-2H3. The van der Waals surface area contributed by atoms with Gasteiger partial charge in [-0.15, -0.1) is 0 Å². The Balaban J connectivity index is 2.25. The van der Waals surface area contributed by atoms with Crippen LogP contribution in [-0.4, -0.2) is 11.9 Å². The van der Waals surface area contributed by atoms with Crippen molar-refractivity contribution in [3.63, 3.8) is 0 Å². The van der Waals surface area contributed by atoms with Gasteiger partial charge in [0.2, 0.25) is 0 Å². The van der Waals surface area contributed by atoms with E-state index in [9.17, 15) is 4.79 Å². The van der Waals surface area contributed by atoms with E-state index in [0.29, 0.717) is 6.10 Å². The minimum atomic E-state index is 0.0890. The predicted octanol–water partition coefficient (Wildman–Crippen LogP) is 3.52. The fraction of sp³-hybridized carbons (Fsp3) is 0.500. The highest BCUT2D eigenvalue weighted by molar-refractivity contribution is 5.98. The number of Topliss-reactive ketones (excluding diaryl/α,β-unsaturated/α-hetero) is 1. The Kier molecular flexibility index (Phi) is 3.28. The molecule has 0 radical (unpaired) electrons. The molecule has 0 spiro atoms. The summed E-state index contributed by atoms with van der Waals surface area (Å²) in [6.07, 6.45) is 5.02. The molecule has 0 heterocycles. The maximum absolute atomic E-state index is 11.6. The number of hydrogen-bond acceptors (Lipinski definition) is 2. The molecule has 0 atom stereocenters. The molecule has 2 heteroatoms. The Morgan fingerprint density at radius 2 is 2.00 bits per heavy atom. The van der Waals surface area contributed by atoms with Crippen LogP contribution in [-0.2, 0) is 0 Å². The number of ether oxygens (including phenoxy) is 1. The fourth-order valence-corrected chi connectivity index (χ4v) is 2.38. The van der Waals surface area contributed by atoms with Crippen LogP contribution < -0.4 is 4.74 Å². The van der Waals surface area contributed by atoms with Gasteiger partial charge >= 0.3 is 0 Å². The fourth-order valence-electron chi connectivity index (χ4n) is 2.38. The van der Waals surface area contributed by atoms with Crippen LogP contribution in [0.2, 0.25) is 0 Å². The molecule has 0 N–H and O–H groups in total. The summed E-state index contributed by atoms with van der Waals surface area (Å²) in [5.41, 5.74) is 1.75. The maximum Gasteiger partial charge on any atom is 0.163 e. The lowest BCUT2D eigenvalue weighted by molar-refractivity contribution is 0.101. The summed E-state index contributed by atoms with van der Waals surface area (Å²) in [6, 6.07) is 5.81. The third kappa shape index (κ3) is 2.26. The summed E-state index contributed by atoms with van der Waals surface area (Å²) in [7, 11) is 0. The molecule has 0 amide bonds. The first-order valence-electron chi connectivity index (χ1n) is 5.95. The number of aryl methyl sites for hydroxylation is 1. The van der Waals surface area contributed by atoms with Gasteiger partial charge in [0.15, 0.2) is 5.78 Å². The molecule has 0 bridgehead atoms. The lowest BCUT2D eigenvalue weighted by Crippen LogP contribution is -2.13. The van der Waals surface area contributed by atoms with Gasteiger partial charge in [-0.1, -0.05) is 12.1 Å².